The Kier molecular flexibility index (Phi) is 2.81. The van der Waals surface area contributed by atoms with Crippen LogP contribution in [0.3, 0.4) is 0 Å². The second-order valence-electron chi connectivity index (χ2n) is 3.80. The summed E-state index contributed by atoms with van der Waals surface area (Å²) in [6, 6.07) is 0.529. The van der Waals surface area contributed by atoms with E-state index in [4.69, 9.17) is 4.74 Å². The molecular formula is C9H13Br2NO2. The lowest BCUT2D eigenvalue weighted by atomic mass is 9.83. The van der Waals surface area contributed by atoms with Crippen LogP contribution in [-0.2, 0) is 4.74 Å². The third-order valence-corrected chi connectivity index (χ3v) is 5.49. The topological polar surface area (TPSA) is 29.5 Å². The van der Waals surface area contributed by atoms with Gasteiger partial charge in [0.25, 0.3) is 0 Å². The number of hydrogen-bond acceptors (Lipinski definition) is 2. The Morgan fingerprint density at radius 1 is 1.43 bits per heavy atom. The maximum absolute atomic E-state index is 11.6. The molecule has 3 nitrogen and oxygen atoms in total. The number of carbonyl (C=O) groups excluding carboxylic acids is 1. The van der Waals surface area contributed by atoms with Crippen LogP contribution in [0.2, 0.25) is 0 Å². The van der Waals surface area contributed by atoms with Crippen LogP contribution in [0.4, 0.5) is 4.79 Å². The lowest BCUT2D eigenvalue weighted by Crippen LogP contribution is -2.51. The Morgan fingerprint density at radius 3 is 2.36 bits per heavy atom. The number of ether oxygens (including phenoxy) is 1. The van der Waals surface area contributed by atoms with Crippen LogP contribution in [0.15, 0.2) is 0 Å². The molecule has 80 valence electrons. The summed E-state index contributed by atoms with van der Waals surface area (Å²) in [6.45, 7) is 4.36. The first-order valence-corrected chi connectivity index (χ1v) is 6.66. The predicted octanol–water partition coefficient (Wildman–Crippen LogP) is 2.37. The quantitative estimate of drug-likeness (QED) is 0.692. The average molecular weight is 327 g/mol. The van der Waals surface area contributed by atoms with E-state index in [9.17, 15) is 4.79 Å². The minimum atomic E-state index is -0.182. The Hall–Kier alpha value is 0.230. The van der Waals surface area contributed by atoms with Gasteiger partial charge in [0.05, 0.1) is 12.6 Å². The molecule has 3 aliphatic rings. The Bertz CT molecular complexity index is 251. The first-order chi connectivity index (χ1) is 6.59. The van der Waals surface area contributed by atoms with Gasteiger partial charge in [0.15, 0.2) is 0 Å². The van der Waals surface area contributed by atoms with Gasteiger partial charge >= 0.3 is 6.09 Å². The number of fused-ring (bicyclic) bond motifs is 1. The van der Waals surface area contributed by atoms with Crippen molar-refractivity contribution in [2.24, 2.45) is 5.92 Å². The molecule has 3 fully saturated rings. The van der Waals surface area contributed by atoms with Gasteiger partial charge in [-0.1, -0.05) is 31.9 Å². The molecule has 2 unspecified atom stereocenters. The maximum Gasteiger partial charge on any atom is 0.410 e. The molecule has 5 atom stereocenters. The first kappa shape index (κ1) is 10.7. The van der Waals surface area contributed by atoms with E-state index in [1.165, 1.54) is 0 Å². The summed E-state index contributed by atoms with van der Waals surface area (Å²) in [5, 5.41) is 0. The molecule has 1 saturated carbocycles. The molecule has 2 heterocycles. The van der Waals surface area contributed by atoms with E-state index in [1.807, 2.05) is 11.8 Å². The number of hydrogen-bond donors (Lipinski definition) is 0. The van der Waals surface area contributed by atoms with Gasteiger partial charge in [0.1, 0.15) is 0 Å². The van der Waals surface area contributed by atoms with Crippen molar-refractivity contribution in [3.63, 3.8) is 0 Å². The van der Waals surface area contributed by atoms with Crippen LogP contribution in [0.5, 0.6) is 0 Å². The zero-order valence-corrected chi connectivity index (χ0v) is 11.3. The van der Waals surface area contributed by atoms with Gasteiger partial charge in [-0.2, -0.15) is 0 Å². The maximum atomic E-state index is 11.6. The number of carbonyl (C=O) groups is 1. The molecule has 1 aliphatic carbocycles. The molecule has 3 rings (SSSR count). The van der Waals surface area contributed by atoms with Gasteiger partial charge in [-0.05, 0) is 13.8 Å². The molecule has 0 radical (unpaired) electrons. The van der Waals surface area contributed by atoms with Crippen molar-refractivity contribution < 1.29 is 9.53 Å². The molecule has 0 spiro atoms. The molecule has 2 aliphatic heterocycles. The van der Waals surface area contributed by atoms with Crippen molar-refractivity contribution in [1.29, 1.82) is 0 Å². The highest BCUT2D eigenvalue weighted by Crippen LogP contribution is 2.53. The van der Waals surface area contributed by atoms with Crippen molar-refractivity contribution in [1.82, 2.24) is 4.90 Å². The fraction of sp³-hybridized carbons (Fsp3) is 0.889. The van der Waals surface area contributed by atoms with Crippen LogP contribution in [0, 0.1) is 5.92 Å². The molecule has 0 N–H and O–H groups in total. The molecule has 14 heavy (non-hydrogen) atoms. The number of halogens is 2. The van der Waals surface area contributed by atoms with E-state index in [1.54, 1.807) is 0 Å². The third-order valence-electron chi connectivity index (χ3n) is 3.18. The highest BCUT2D eigenvalue weighted by atomic mass is 79.9. The molecule has 1 amide bonds. The van der Waals surface area contributed by atoms with Gasteiger partial charge in [-0.3, -0.25) is 4.90 Å². The second kappa shape index (κ2) is 3.67. The SMILES string of the molecule is CCOC(=O)N1C2[C@H](Br)C([C@@H]2Br)[C@H]1C. The highest BCUT2D eigenvalue weighted by Gasteiger charge is 2.63. The summed E-state index contributed by atoms with van der Waals surface area (Å²) >= 11 is 7.23. The molecule has 2 bridgehead atoms. The minimum Gasteiger partial charge on any atom is -0.450 e. The van der Waals surface area contributed by atoms with Crippen LogP contribution in [0.25, 0.3) is 0 Å². The number of amides is 1. The van der Waals surface area contributed by atoms with E-state index in [0.717, 1.165) is 0 Å². The lowest BCUT2D eigenvalue weighted by molar-refractivity contribution is 0.0993. The van der Waals surface area contributed by atoms with E-state index in [0.29, 0.717) is 22.2 Å². The van der Waals surface area contributed by atoms with Crippen LogP contribution >= 0.6 is 31.9 Å². The molecule has 0 aromatic heterocycles. The Labute approximate surface area is 100 Å². The monoisotopic (exact) mass is 325 g/mol. The molecule has 2 saturated heterocycles. The summed E-state index contributed by atoms with van der Waals surface area (Å²) < 4.78 is 5.04. The number of alkyl halides is 2. The zero-order valence-electron chi connectivity index (χ0n) is 8.11. The fourth-order valence-corrected chi connectivity index (χ4v) is 5.97. The fourth-order valence-electron chi connectivity index (χ4n) is 2.44. The Balaban J connectivity index is 2.11. The van der Waals surface area contributed by atoms with Crippen molar-refractivity contribution in [3.8, 4) is 0 Å². The Morgan fingerprint density at radius 2 is 2.00 bits per heavy atom. The smallest absolute Gasteiger partial charge is 0.410 e. The summed E-state index contributed by atoms with van der Waals surface area (Å²) in [5.74, 6) is 0.518. The average Bonchev–Trinajstić information content (AvgIpc) is 2.54. The van der Waals surface area contributed by atoms with Gasteiger partial charge in [-0.15, -0.1) is 0 Å². The first-order valence-electron chi connectivity index (χ1n) is 4.82. The summed E-state index contributed by atoms with van der Waals surface area (Å²) in [5.41, 5.74) is 0. The van der Waals surface area contributed by atoms with E-state index >= 15 is 0 Å². The van der Waals surface area contributed by atoms with Crippen molar-refractivity contribution >= 4 is 38.0 Å². The molecule has 0 aromatic carbocycles. The third kappa shape index (κ3) is 1.24. The summed E-state index contributed by atoms with van der Waals surface area (Å²) in [6.07, 6.45) is -0.182. The number of nitrogens with zero attached hydrogens (tertiary/aromatic N) is 1. The van der Waals surface area contributed by atoms with Crippen molar-refractivity contribution in [2.75, 3.05) is 6.61 Å². The minimum absolute atomic E-state index is 0.182. The molecule has 0 aromatic rings. The number of rotatable bonds is 1. The van der Waals surface area contributed by atoms with Gasteiger partial charge in [-0.25, -0.2) is 4.79 Å². The zero-order chi connectivity index (χ0) is 10.5. The lowest BCUT2D eigenvalue weighted by Gasteiger charge is -2.37. The molecule has 5 heteroatoms. The standard InChI is InChI=1S/C9H13Br2NO2/c1-3-14-9(13)12-4(2)5-6(10)8(12)7(5)11/h4-8H,3H2,1-2H3/t4-,5?,6-,7+,8?/m1/s1. The van der Waals surface area contributed by atoms with Crippen molar-refractivity contribution in [3.05, 3.63) is 0 Å². The molecular weight excluding hydrogens is 314 g/mol. The highest BCUT2D eigenvalue weighted by molar-refractivity contribution is 9.10. The largest absolute Gasteiger partial charge is 0.450 e. The van der Waals surface area contributed by atoms with E-state index < -0.39 is 0 Å². The predicted molar refractivity (Wildman–Crippen MR) is 61.0 cm³/mol. The van der Waals surface area contributed by atoms with Crippen LogP contribution in [-0.4, -0.2) is 39.3 Å². The van der Waals surface area contributed by atoms with Crippen LogP contribution in [0.1, 0.15) is 13.8 Å². The van der Waals surface area contributed by atoms with E-state index in [2.05, 4.69) is 38.8 Å². The summed E-state index contributed by atoms with van der Waals surface area (Å²) in [7, 11) is 0. The van der Waals surface area contributed by atoms with Crippen molar-refractivity contribution in [2.45, 2.75) is 35.6 Å². The van der Waals surface area contributed by atoms with Gasteiger partial charge < -0.3 is 4.74 Å². The van der Waals surface area contributed by atoms with Gasteiger partial charge in [0, 0.05) is 21.6 Å². The normalized spacial score (nSPS) is 44.9. The second-order valence-corrected chi connectivity index (χ2v) is 5.92. The van der Waals surface area contributed by atoms with Gasteiger partial charge in [0.2, 0.25) is 0 Å². The van der Waals surface area contributed by atoms with Crippen LogP contribution < -0.4 is 0 Å². The summed E-state index contributed by atoms with van der Waals surface area (Å²) in [4.78, 5) is 14.3. The van der Waals surface area contributed by atoms with E-state index in [-0.39, 0.29) is 18.2 Å².